The average molecular weight is 858 g/mol. The first kappa shape index (κ1) is 45.7. The van der Waals surface area contributed by atoms with E-state index in [4.69, 9.17) is 18.9 Å². The molecule has 1 spiro atoms. The summed E-state index contributed by atoms with van der Waals surface area (Å²) >= 11 is 0. The Bertz CT molecular complexity index is 2090. The molecule has 1 aromatic heterocycles. The van der Waals surface area contributed by atoms with Gasteiger partial charge in [0.25, 0.3) is 0 Å². The second kappa shape index (κ2) is 19.5. The Morgan fingerprint density at radius 1 is 0.806 bits per heavy atom. The first-order chi connectivity index (χ1) is 29.5. The second-order valence-electron chi connectivity index (χ2n) is 17.1. The smallest absolute Gasteiger partial charge is 0.407 e. The quantitative estimate of drug-likeness (QED) is 0.169. The van der Waals surface area contributed by atoms with Crippen molar-refractivity contribution in [2.45, 2.75) is 109 Å². The number of ketones is 1. The zero-order valence-corrected chi connectivity index (χ0v) is 36.7. The number of alkyl carbamates (subject to hydrolysis) is 2. The number of methoxy groups -OCH3 is 2. The Hall–Kier alpha value is -5.81. The number of aromatic nitrogens is 2. The summed E-state index contributed by atoms with van der Waals surface area (Å²) in [4.78, 5) is 90.0. The van der Waals surface area contributed by atoms with Crippen LogP contribution in [0.3, 0.4) is 0 Å². The van der Waals surface area contributed by atoms with Crippen molar-refractivity contribution in [1.29, 1.82) is 0 Å². The largest absolute Gasteiger partial charge is 0.453 e. The molecule has 3 aliphatic heterocycles. The van der Waals surface area contributed by atoms with Gasteiger partial charge in [0.2, 0.25) is 17.7 Å². The topological polar surface area (TPSA) is 211 Å². The van der Waals surface area contributed by atoms with Crippen LogP contribution >= 0.6 is 0 Å². The fourth-order valence-corrected chi connectivity index (χ4v) is 8.60. The molecule has 3 aromatic rings. The number of hydrogen-bond donors (Lipinski definition) is 4. The molecule has 2 aromatic carbocycles. The highest BCUT2D eigenvalue weighted by Crippen LogP contribution is 2.39. The fraction of sp³-hybridized carbons (Fsp3) is 0.533. The van der Waals surface area contributed by atoms with Crippen molar-refractivity contribution >= 4 is 35.7 Å². The lowest BCUT2D eigenvalue weighted by atomic mass is 10.0. The lowest BCUT2D eigenvalue weighted by molar-refractivity contribution is -0.303. The van der Waals surface area contributed by atoms with Crippen molar-refractivity contribution in [2.24, 2.45) is 11.8 Å². The average Bonchev–Trinajstić information content (AvgIpc) is 4.02. The third-order valence-electron chi connectivity index (χ3n) is 11.8. The van der Waals surface area contributed by atoms with Crippen molar-refractivity contribution in [3.8, 4) is 22.4 Å². The van der Waals surface area contributed by atoms with Crippen LogP contribution in [0.1, 0.15) is 89.4 Å². The van der Waals surface area contributed by atoms with E-state index in [0.717, 1.165) is 35.2 Å². The van der Waals surface area contributed by atoms with Crippen molar-refractivity contribution in [3.05, 3.63) is 66.1 Å². The number of nitrogens with zero attached hydrogens (tertiary/aromatic N) is 3. The molecule has 6 rings (SSSR count). The van der Waals surface area contributed by atoms with Gasteiger partial charge in [-0.15, -0.1) is 0 Å². The molecule has 3 saturated heterocycles. The number of Topliss-reactive ketones (excluding diaryl/α,β-unsaturated/α-hetero) is 1. The Morgan fingerprint density at radius 3 is 1.89 bits per heavy atom. The molecule has 1 unspecified atom stereocenters. The monoisotopic (exact) mass is 857 g/mol. The predicted octanol–water partition coefficient (Wildman–Crippen LogP) is 4.98. The minimum absolute atomic E-state index is 0.0246. The maximum atomic E-state index is 14.0. The third kappa shape index (κ3) is 10.3. The van der Waals surface area contributed by atoms with Crippen LogP contribution in [0.5, 0.6) is 0 Å². The maximum absolute atomic E-state index is 14.0. The summed E-state index contributed by atoms with van der Waals surface area (Å²) in [6.07, 6.45) is 2.26. The number of benzene rings is 2. The molecule has 4 N–H and O–H groups in total. The summed E-state index contributed by atoms with van der Waals surface area (Å²) in [6.45, 7) is 11.4. The van der Waals surface area contributed by atoms with Crippen molar-refractivity contribution in [3.63, 3.8) is 0 Å². The van der Waals surface area contributed by atoms with Gasteiger partial charge in [0.05, 0.1) is 57.4 Å². The minimum Gasteiger partial charge on any atom is -0.453 e. The van der Waals surface area contributed by atoms with Crippen LogP contribution in [-0.4, -0.2) is 125 Å². The molecular formula is C45H59N7O10. The van der Waals surface area contributed by atoms with Crippen LogP contribution in [-0.2, 0) is 33.3 Å². The van der Waals surface area contributed by atoms with Gasteiger partial charge in [-0.2, -0.15) is 0 Å². The van der Waals surface area contributed by atoms with Crippen LogP contribution in [0.2, 0.25) is 0 Å². The normalized spacial score (nSPS) is 23.3. The predicted molar refractivity (Wildman–Crippen MR) is 227 cm³/mol. The Balaban J connectivity index is 1.08. The molecule has 62 heavy (non-hydrogen) atoms. The Morgan fingerprint density at radius 2 is 1.34 bits per heavy atom. The van der Waals surface area contributed by atoms with Crippen LogP contribution < -0.4 is 16.0 Å². The van der Waals surface area contributed by atoms with Crippen LogP contribution in [0.4, 0.5) is 9.59 Å². The Kier molecular flexibility index (Phi) is 14.4. The number of rotatable bonds is 13. The lowest BCUT2D eigenvalue weighted by Crippen LogP contribution is -2.56. The van der Waals surface area contributed by atoms with Crippen LogP contribution in [0.25, 0.3) is 22.4 Å². The van der Waals surface area contributed by atoms with E-state index in [9.17, 15) is 28.8 Å². The number of aromatic amines is 1. The summed E-state index contributed by atoms with van der Waals surface area (Å²) < 4.78 is 22.0. The first-order valence-electron chi connectivity index (χ1n) is 21.2. The third-order valence-corrected chi connectivity index (χ3v) is 11.8. The van der Waals surface area contributed by atoms with Gasteiger partial charge in [0.1, 0.15) is 23.9 Å². The van der Waals surface area contributed by atoms with E-state index in [1.165, 1.54) is 19.1 Å². The summed E-state index contributed by atoms with van der Waals surface area (Å²) in [7, 11) is 2.48. The van der Waals surface area contributed by atoms with Gasteiger partial charge >= 0.3 is 12.2 Å². The molecule has 17 heteroatoms. The zero-order chi connectivity index (χ0) is 44.9. The molecule has 3 fully saturated rings. The number of imidazole rings is 1. The fourth-order valence-electron chi connectivity index (χ4n) is 8.60. The van der Waals surface area contributed by atoms with Gasteiger partial charge in [-0.1, -0.05) is 76.2 Å². The molecule has 0 radical (unpaired) electrons. The van der Waals surface area contributed by atoms with E-state index in [1.54, 1.807) is 37.1 Å². The van der Waals surface area contributed by atoms with E-state index >= 15 is 0 Å². The number of carbonyl (C=O) groups is 6. The molecule has 0 aliphatic carbocycles. The van der Waals surface area contributed by atoms with E-state index < -0.39 is 47.9 Å². The number of H-pyrrole nitrogens is 1. The van der Waals surface area contributed by atoms with Crippen LogP contribution in [0, 0.1) is 11.8 Å². The summed E-state index contributed by atoms with van der Waals surface area (Å²) in [5, 5.41) is 8.00. The molecule has 3 aliphatic rings. The van der Waals surface area contributed by atoms with Gasteiger partial charge in [0, 0.05) is 18.5 Å². The van der Waals surface area contributed by atoms with E-state index in [0.29, 0.717) is 24.4 Å². The standard InChI is InChI=1S/C45H59N7O10/c1-25(2)37(49-43(57)59-7)41(55)51-19-9-10-34(51)39-46-22-33(48-39)31-15-11-29(12-16-31)30-13-17-32(18-14-30)36(53)23-47-40(54)35-21-45(61-27(5)20-28(6)62-45)24-52(35)42(56)38(26(3)4)50-44(58)60-8/h11-18,22,25-28,34-35,37-38H,9-10,19-21,23-24H2,1-8H3,(H,46,48)(H,47,54)(H,49,57)(H,50,58)/t27-,28-,34?,35-,37-,38-/m0/s1. The van der Waals surface area contributed by atoms with Crippen molar-refractivity contribution < 1.29 is 47.7 Å². The highest BCUT2D eigenvalue weighted by Gasteiger charge is 2.55. The van der Waals surface area contributed by atoms with Crippen molar-refractivity contribution in [2.75, 3.05) is 33.9 Å². The second-order valence-corrected chi connectivity index (χ2v) is 17.1. The molecule has 5 amide bonds. The van der Waals surface area contributed by atoms with Gasteiger partial charge < -0.3 is 49.7 Å². The molecule has 17 nitrogen and oxygen atoms in total. The highest BCUT2D eigenvalue weighted by molar-refractivity contribution is 6.01. The molecule has 6 atom stereocenters. The number of hydrogen-bond acceptors (Lipinski definition) is 11. The van der Waals surface area contributed by atoms with Gasteiger partial charge in [0.15, 0.2) is 11.6 Å². The van der Waals surface area contributed by atoms with Crippen molar-refractivity contribution in [1.82, 2.24) is 35.7 Å². The van der Waals surface area contributed by atoms with Gasteiger partial charge in [-0.3, -0.25) is 19.2 Å². The number of amides is 5. The van der Waals surface area contributed by atoms with Gasteiger partial charge in [-0.25, -0.2) is 14.6 Å². The lowest BCUT2D eigenvalue weighted by Gasteiger charge is -2.40. The molecule has 0 saturated carbocycles. The molecule has 334 valence electrons. The minimum atomic E-state index is -1.22. The summed E-state index contributed by atoms with van der Waals surface area (Å²) in [5.74, 6) is -2.51. The molecular weight excluding hydrogens is 799 g/mol. The number of likely N-dealkylation sites (tertiary alicyclic amines) is 2. The van der Waals surface area contributed by atoms with E-state index in [2.05, 4.69) is 25.9 Å². The zero-order valence-electron chi connectivity index (χ0n) is 36.7. The SMILES string of the molecule is COC(=O)N[C@H](C(=O)N1CCCC1c1ncc(-c2ccc(-c3ccc(C(=O)CNC(=O)[C@@H]4CC5(CN4C(=O)[C@@H](NC(=O)OC)C(C)C)O[C@@H](C)C[C@H](C)O5)cc3)cc2)[nH]1)C(C)C. The summed E-state index contributed by atoms with van der Waals surface area (Å²) in [6, 6.07) is 12.0. The highest BCUT2D eigenvalue weighted by atomic mass is 16.7. The Labute approximate surface area is 361 Å². The van der Waals surface area contributed by atoms with Gasteiger partial charge in [-0.05, 0) is 61.6 Å². The maximum Gasteiger partial charge on any atom is 0.407 e. The van der Waals surface area contributed by atoms with Crippen LogP contribution in [0.15, 0.2) is 54.7 Å². The first-order valence-corrected chi connectivity index (χ1v) is 21.2. The number of nitrogens with one attached hydrogen (secondary N) is 4. The molecule has 4 heterocycles. The van der Waals surface area contributed by atoms with E-state index in [1.807, 2.05) is 64.1 Å². The van der Waals surface area contributed by atoms with E-state index in [-0.39, 0.29) is 61.3 Å². The number of carbonyl (C=O) groups excluding carboxylic acids is 6. The molecule has 0 bridgehead atoms. The summed E-state index contributed by atoms with van der Waals surface area (Å²) in [5.41, 5.74) is 3.89. The number of ether oxygens (including phenoxy) is 4.